The Kier molecular flexibility index (Phi) is 9.66. The average Bonchev–Trinajstić information content (AvgIpc) is 2.76. The maximum absolute atomic E-state index is 5.44. The Labute approximate surface area is 178 Å². The van der Waals surface area contributed by atoms with Gasteiger partial charge in [0.1, 0.15) is 17.2 Å². The summed E-state index contributed by atoms with van der Waals surface area (Å²) in [6, 6.07) is 27.7. The molecule has 146 valence electrons. The lowest BCUT2D eigenvalue weighted by atomic mass is 10.3. The molecule has 28 heavy (non-hydrogen) atoms. The second-order valence-electron chi connectivity index (χ2n) is 4.84. The lowest BCUT2D eigenvalue weighted by molar-refractivity contribution is 0.419. The summed E-state index contributed by atoms with van der Waals surface area (Å²) in [6.45, 7) is 0. The van der Waals surface area contributed by atoms with E-state index in [4.69, 9.17) is 24.5 Å². The van der Waals surface area contributed by atoms with Crippen LogP contribution in [0.3, 0.4) is 0 Å². The van der Waals surface area contributed by atoms with E-state index in [0.29, 0.717) is 17.2 Å². The second-order valence-corrected chi connectivity index (χ2v) is 7.98. The van der Waals surface area contributed by atoms with Crippen LogP contribution in [-0.4, -0.2) is 0 Å². The molecular weight excluding hydrogens is 439 g/mol. The van der Waals surface area contributed by atoms with Gasteiger partial charge in [0.25, 0.3) is 0 Å². The van der Waals surface area contributed by atoms with Crippen LogP contribution in [0.4, 0.5) is 0 Å². The Morgan fingerprint density at radius 3 is 1.00 bits per heavy atom. The van der Waals surface area contributed by atoms with Crippen molar-refractivity contribution in [2.45, 2.75) is 0 Å². The Morgan fingerprint density at radius 1 is 0.429 bits per heavy atom. The molecule has 0 spiro atoms. The van der Waals surface area contributed by atoms with Crippen LogP contribution in [0.2, 0.25) is 0 Å². The van der Waals surface area contributed by atoms with E-state index in [9.17, 15) is 0 Å². The molecular formula is C18H15O6PS3. The molecule has 0 fully saturated rings. The van der Waals surface area contributed by atoms with Crippen molar-refractivity contribution >= 4 is 45.6 Å². The van der Waals surface area contributed by atoms with E-state index < -0.39 is 8.60 Å². The summed E-state index contributed by atoms with van der Waals surface area (Å²) in [5.74, 6) is 1.93. The molecule has 0 saturated carbocycles. The number of rotatable bonds is 12. The van der Waals surface area contributed by atoms with Crippen LogP contribution in [0.25, 0.3) is 0 Å². The molecule has 0 unspecified atom stereocenters. The summed E-state index contributed by atoms with van der Waals surface area (Å²) in [5.41, 5.74) is 0. The normalized spacial score (nSPS) is 10.6. The average molecular weight is 454 g/mol. The third kappa shape index (κ3) is 8.20. The molecule has 6 nitrogen and oxygen atoms in total. The molecule has 0 aliphatic rings. The maximum atomic E-state index is 5.44. The van der Waals surface area contributed by atoms with Crippen LogP contribution in [0.1, 0.15) is 0 Å². The standard InChI is InChI=1S/C18H15O6PS3/c1-4-10-16(11-5-1)19-26-22-25(23-27-20-17-12-6-2-7-13-17)24-28-21-18-14-8-3-9-15-18/h1-15H. The number of hydrogen-bond donors (Lipinski definition) is 0. The number of para-hydroxylation sites is 3. The molecule has 0 radical (unpaired) electrons. The van der Waals surface area contributed by atoms with Crippen LogP contribution >= 0.6 is 45.6 Å². The van der Waals surface area contributed by atoms with Crippen molar-refractivity contribution in [1.29, 1.82) is 0 Å². The van der Waals surface area contributed by atoms with Gasteiger partial charge >= 0.3 is 8.60 Å². The van der Waals surface area contributed by atoms with Gasteiger partial charge in [-0.2, -0.15) is 0 Å². The van der Waals surface area contributed by atoms with Crippen LogP contribution < -0.4 is 12.5 Å². The van der Waals surface area contributed by atoms with E-state index in [2.05, 4.69) is 0 Å². The second kappa shape index (κ2) is 12.8. The largest absolute Gasteiger partial charge is 0.400 e. The monoisotopic (exact) mass is 454 g/mol. The summed E-state index contributed by atoms with van der Waals surface area (Å²) in [6.07, 6.45) is 0. The summed E-state index contributed by atoms with van der Waals surface area (Å²) >= 11 is 2.24. The zero-order valence-corrected chi connectivity index (χ0v) is 17.6. The first-order chi connectivity index (χ1) is 13.9. The molecule has 0 atom stereocenters. The molecule has 3 rings (SSSR count). The fourth-order valence-corrected chi connectivity index (χ4v) is 4.20. The van der Waals surface area contributed by atoms with Gasteiger partial charge in [0.15, 0.2) is 0 Å². The molecule has 0 N–H and O–H groups in total. The molecule has 3 aromatic rings. The zero-order valence-electron chi connectivity index (χ0n) is 14.3. The van der Waals surface area contributed by atoms with Crippen LogP contribution in [-0.2, 0) is 11.9 Å². The third-order valence-electron chi connectivity index (χ3n) is 2.89. The fourth-order valence-electron chi connectivity index (χ4n) is 1.70. The quantitative estimate of drug-likeness (QED) is 0.209. The van der Waals surface area contributed by atoms with E-state index in [0.717, 1.165) is 37.0 Å². The van der Waals surface area contributed by atoms with Crippen LogP contribution in [0.15, 0.2) is 91.0 Å². The van der Waals surface area contributed by atoms with Crippen molar-refractivity contribution in [2.75, 3.05) is 0 Å². The van der Waals surface area contributed by atoms with Crippen molar-refractivity contribution in [1.82, 2.24) is 0 Å². The van der Waals surface area contributed by atoms with Gasteiger partial charge in [-0.15, -0.1) is 0 Å². The highest BCUT2D eigenvalue weighted by molar-refractivity contribution is 7.99. The zero-order chi connectivity index (χ0) is 19.3. The van der Waals surface area contributed by atoms with E-state index in [1.54, 1.807) is 36.4 Å². The first kappa shape index (κ1) is 21.1. The van der Waals surface area contributed by atoms with E-state index in [1.165, 1.54) is 0 Å². The van der Waals surface area contributed by atoms with Crippen molar-refractivity contribution in [3.63, 3.8) is 0 Å². The van der Waals surface area contributed by atoms with Gasteiger partial charge in [-0.25, -0.2) is 11.9 Å². The predicted molar refractivity (Wildman–Crippen MR) is 114 cm³/mol. The van der Waals surface area contributed by atoms with Gasteiger partial charge in [0, 0.05) is 0 Å². The van der Waals surface area contributed by atoms with Gasteiger partial charge < -0.3 is 12.5 Å². The lowest BCUT2D eigenvalue weighted by Crippen LogP contribution is -1.89. The highest BCUT2D eigenvalue weighted by atomic mass is 32.2. The molecule has 0 saturated heterocycles. The van der Waals surface area contributed by atoms with Crippen LogP contribution in [0.5, 0.6) is 17.2 Å². The third-order valence-corrected chi connectivity index (χ3v) is 5.87. The highest BCUT2D eigenvalue weighted by Gasteiger charge is 2.19. The van der Waals surface area contributed by atoms with Gasteiger partial charge in [-0.05, 0) is 36.4 Å². The Morgan fingerprint density at radius 2 is 0.714 bits per heavy atom. The van der Waals surface area contributed by atoms with Crippen molar-refractivity contribution in [2.24, 2.45) is 0 Å². The summed E-state index contributed by atoms with van der Waals surface area (Å²) < 4.78 is 32.6. The topological polar surface area (TPSA) is 55.4 Å². The van der Waals surface area contributed by atoms with E-state index >= 15 is 0 Å². The molecule has 10 heteroatoms. The molecule has 0 aliphatic heterocycles. The smallest absolute Gasteiger partial charge is 0.377 e. The molecule has 0 heterocycles. The highest BCUT2D eigenvalue weighted by Crippen LogP contribution is 2.50. The van der Waals surface area contributed by atoms with E-state index in [-0.39, 0.29) is 0 Å². The summed E-state index contributed by atoms with van der Waals surface area (Å²) in [4.78, 5) is 0. The van der Waals surface area contributed by atoms with Gasteiger partial charge in [-0.1, -0.05) is 54.6 Å². The molecule has 3 aromatic carbocycles. The minimum absolute atomic E-state index is 0.642. The van der Waals surface area contributed by atoms with Gasteiger partial charge in [-0.3, -0.25) is 0 Å². The molecule has 0 aromatic heterocycles. The van der Waals surface area contributed by atoms with Crippen molar-refractivity contribution < 1.29 is 24.5 Å². The van der Waals surface area contributed by atoms with Crippen molar-refractivity contribution in [3.05, 3.63) is 91.0 Å². The van der Waals surface area contributed by atoms with Crippen molar-refractivity contribution in [3.8, 4) is 17.2 Å². The molecule has 0 bridgehead atoms. The first-order valence-electron chi connectivity index (χ1n) is 7.89. The number of hydrogen-bond acceptors (Lipinski definition) is 9. The van der Waals surface area contributed by atoms with Crippen LogP contribution in [0, 0.1) is 0 Å². The Balaban J connectivity index is 1.44. The molecule has 0 aliphatic carbocycles. The Bertz CT molecular complexity index is 677. The Hall–Kier alpha value is -1.58. The fraction of sp³-hybridized carbons (Fsp3) is 0. The summed E-state index contributed by atoms with van der Waals surface area (Å²) in [7, 11) is -1.84. The minimum Gasteiger partial charge on any atom is -0.400 e. The summed E-state index contributed by atoms with van der Waals surface area (Å²) in [5, 5.41) is 0. The maximum Gasteiger partial charge on any atom is 0.377 e. The predicted octanol–water partition coefficient (Wildman–Crippen LogP) is 7.19. The molecule has 0 amide bonds. The van der Waals surface area contributed by atoms with Gasteiger partial charge in [0.05, 0.1) is 0 Å². The SMILES string of the molecule is c1ccc(OSOP(OSOc2ccccc2)OSOc2ccccc2)cc1. The lowest BCUT2D eigenvalue weighted by Gasteiger charge is -2.12. The first-order valence-corrected chi connectivity index (χ1v) is 11.0. The van der Waals surface area contributed by atoms with E-state index in [1.807, 2.05) is 54.6 Å². The number of benzene rings is 3. The minimum atomic E-state index is -1.84. The van der Waals surface area contributed by atoms with Gasteiger partial charge in [0.2, 0.25) is 37.0 Å².